The molecule has 1 fully saturated rings. The van der Waals surface area contributed by atoms with Crippen LogP contribution in [0.1, 0.15) is 25.3 Å². The first-order chi connectivity index (χ1) is 12.2. The minimum atomic E-state index is 0.625. The second-order valence-corrected chi connectivity index (χ2v) is 6.49. The first-order valence-electron chi connectivity index (χ1n) is 8.71. The van der Waals surface area contributed by atoms with Crippen molar-refractivity contribution in [3.8, 4) is 11.5 Å². The van der Waals surface area contributed by atoms with E-state index in [1.807, 2.05) is 24.3 Å². The molecule has 1 aliphatic heterocycles. The Balaban J connectivity index is 1.68. The number of benzene rings is 1. The number of nitrogens with zero attached hydrogens (tertiary/aromatic N) is 3. The van der Waals surface area contributed by atoms with Gasteiger partial charge in [0.1, 0.15) is 29.5 Å². The number of piperidine rings is 1. The molecule has 0 radical (unpaired) electrons. The van der Waals surface area contributed by atoms with Crippen molar-refractivity contribution in [2.24, 2.45) is 5.92 Å². The van der Waals surface area contributed by atoms with Crippen molar-refractivity contribution in [1.82, 2.24) is 9.97 Å². The Hall–Kier alpha value is -2.50. The summed E-state index contributed by atoms with van der Waals surface area (Å²) in [6.45, 7) is 5.04. The molecule has 0 bridgehead atoms. The van der Waals surface area contributed by atoms with Crippen LogP contribution >= 0.6 is 0 Å². The van der Waals surface area contributed by atoms with Crippen LogP contribution in [0.2, 0.25) is 0 Å². The van der Waals surface area contributed by atoms with E-state index < -0.39 is 0 Å². The number of ether oxygens (including phenoxy) is 2. The van der Waals surface area contributed by atoms with Crippen molar-refractivity contribution in [2.45, 2.75) is 26.3 Å². The highest BCUT2D eigenvalue weighted by atomic mass is 16.5. The van der Waals surface area contributed by atoms with Gasteiger partial charge in [0.2, 0.25) is 0 Å². The Labute approximate surface area is 149 Å². The van der Waals surface area contributed by atoms with Crippen LogP contribution in [0.15, 0.2) is 30.6 Å². The highest BCUT2D eigenvalue weighted by molar-refractivity contribution is 5.50. The molecule has 2 aromatic rings. The molecule has 0 saturated carbocycles. The maximum absolute atomic E-state index is 5.45. The average molecular weight is 342 g/mol. The maximum Gasteiger partial charge on any atom is 0.134 e. The molecule has 1 saturated heterocycles. The van der Waals surface area contributed by atoms with E-state index >= 15 is 0 Å². The van der Waals surface area contributed by atoms with Crippen LogP contribution in [0.3, 0.4) is 0 Å². The smallest absolute Gasteiger partial charge is 0.134 e. The van der Waals surface area contributed by atoms with Crippen molar-refractivity contribution in [3.05, 3.63) is 36.2 Å². The fourth-order valence-electron chi connectivity index (χ4n) is 3.20. The molecule has 1 aliphatic rings. The predicted molar refractivity (Wildman–Crippen MR) is 99.5 cm³/mol. The summed E-state index contributed by atoms with van der Waals surface area (Å²) < 4.78 is 10.7. The Morgan fingerprint density at radius 2 is 2.08 bits per heavy atom. The highest BCUT2D eigenvalue weighted by Gasteiger charge is 2.18. The summed E-state index contributed by atoms with van der Waals surface area (Å²) in [7, 11) is 3.31. The molecule has 1 atom stereocenters. The molecule has 6 nitrogen and oxygen atoms in total. The summed E-state index contributed by atoms with van der Waals surface area (Å²) in [5.41, 5.74) is 1.05. The molecule has 3 rings (SSSR count). The van der Waals surface area contributed by atoms with Crippen LogP contribution in [0.4, 0.5) is 11.6 Å². The number of hydrogen-bond donors (Lipinski definition) is 1. The molecule has 0 aliphatic carbocycles. The van der Waals surface area contributed by atoms with Gasteiger partial charge in [-0.3, -0.25) is 0 Å². The first kappa shape index (κ1) is 17.3. The number of anilines is 2. The molecule has 6 heteroatoms. The van der Waals surface area contributed by atoms with Gasteiger partial charge in [0.15, 0.2) is 0 Å². The zero-order valence-electron chi connectivity index (χ0n) is 15.2. The molecule has 2 heterocycles. The van der Waals surface area contributed by atoms with Crippen LogP contribution in [0, 0.1) is 5.92 Å². The zero-order valence-corrected chi connectivity index (χ0v) is 15.2. The molecule has 1 N–H and O–H groups in total. The molecular formula is C19H26N4O2. The van der Waals surface area contributed by atoms with Gasteiger partial charge in [-0.2, -0.15) is 0 Å². The second-order valence-electron chi connectivity index (χ2n) is 6.49. The largest absolute Gasteiger partial charge is 0.497 e. The molecular weight excluding hydrogens is 316 g/mol. The number of hydrogen-bond acceptors (Lipinski definition) is 6. The molecule has 1 unspecified atom stereocenters. The van der Waals surface area contributed by atoms with Gasteiger partial charge >= 0.3 is 0 Å². The third kappa shape index (κ3) is 4.32. The molecule has 134 valence electrons. The summed E-state index contributed by atoms with van der Waals surface area (Å²) in [6.07, 6.45) is 4.14. The van der Waals surface area contributed by atoms with Crippen LogP contribution in [0.25, 0.3) is 0 Å². The molecule has 1 aromatic carbocycles. The minimum absolute atomic E-state index is 0.625. The number of rotatable bonds is 6. The summed E-state index contributed by atoms with van der Waals surface area (Å²) in [6, 6.07) is 7.84. The van der Waals surface area contributed by atoms with Crippen molar-refractivity contribution in [1.29, 1.82) is 0 Å². The quantitative estimate of drug-likeness (QED) is 0.869. The van der Waals surface area contributed by atoms with E-state index in [-0.39, 0.29) is 0 Å². The Morgan fingerprint density at radius 3 is 2.84 bits per heavy atom. The average Bonchev–Trinajstić information content (AvgIpc) is 2.66. The topological polar surface area (TPSA) is 59.5 Å². The van der Waals surface area contributed by atoms with E-state index in [9.17, 15) is 0 Å². The fraction of sp³-hybridized carbons (Fsp3) is 0.474. The van der Waals surface area contributed by atoms with E-state index in [4.69, 9.17) is 9.47 Å². The monoisotopic (exact) mass is 342 g/mol. The number of aromatic nitrogens is 2. The lowest BCUT2D eigenvalue weighted by molar-refractivity contribution is 0.391. The van der Waals surface area contributed by atoms with E-state index in [1.54, 1.807) is 20.5 Å². The SMILES string of the molecule is COc1ccc(CNc2cc(N3CCCC(C)C3)ncn2)c(OC)c1. The fourth-order valence-corrected chi connectivity index (χ4v) is 3.20. The summed E-state index contributed by atoms with van der Waals surface area (Å²) in [5.74, 6) is 4.10. The number of methoxy groups -OCH3 is 2. The zero-order chi connectivity index (χ0) is 17.6. The lowest BCUT2D eigenvalue weighted by Crippen LogP contribution is -2.34. The van der Waals surface area contributed by atoms with Gasteiger partial charge in [0.05, 0.1) is 14.2 Å². The molecule has 25 heavy (non-hydrogen) atoms. The molecule has 0 amide bonds. The van der Waals surface area contributed by atoms with Gasteiger partial charge in [0, 0.05) is 37.3 Å². The normalized spacial score (nSPS) is 17.2. The molecule has 0 spiro atoms. The van der Waals surface area contributed by atoms with Crippen molar-refractivity contribution < 1.29 is 9.47 Å². The van der Waals surface area contributed by atoms with Gasteiger partial charge in [-0.1, -0.05) is 6.92 Å². The lowest BCUT2D eigenvalue weighted by atomic mass is 10.0. The van der Waals surface area contributed by atoms with E-state index in [0.717, 1.165) is 41.8 Å². The Kier molecular flexibility index (Phi) is 5.58. The first-order valence-corrected chi connectivity index (χ1v) is 8.71. The van der Waals surface area contributed by atoms with Gasteiger partial charge in [-0.05, 0) is 30.9 Å². The second kappa shape index (κ2) is 8.05. The van der Waals surface area contributed by atoms with Crippen molar-refractivity contribution in [3.63, 3.8) is 0 Å². The maximum atomic E-state index is 5.45. The Bertz CT molecular complexity index is 708. The van der Waals surface area contributed by atoms with Gasteiger partial charge in [-0.25, -0.2) is 9.97 Å². The van der Waals surface area contributed by atoms with Gasteiger partial charge in [0.25, 0.3) is 0 Å². The minimum Gasteiger partial charge on any atom is -0.497 e. The number of nitrogens with one attached hydrogen (secondary N) is 1. The summed E-state index contributed by atoms with van der Waals surface area (Å²) >= 11 is 0. The van der Waals surface area contributed by atoms with Crippen LogP contribution < -0.4 is 19.7 Å². The standard InChI is InChI=1S/C19H26N4O2/c1-14-5-4-8-23(12-14)19-10-18(21-13-22-19)20-11-15-6-7-16(24-2)9-17(15)25-3/h6-7,9-10,13-14H,4-5,8,11-12H2,1-3H3,(H,20,21,22). The Morgan fingerprint density at radius 1 is 1.20 bits per heavy atom. The van der Waals surface area contributed by atoms with E-state index in [0.29, 0.717) is 12.5 Å². The lowest BCUT2D eigenvalue weighted by Gasteiger charge is -2.31. The van der Waals surface area contributed by atoms with Crippen LogP contribution in [-0.2, 0) is 6.54 Å². The van der Waals surface area contributed by atoms with Crippen molar-refractivity contribution in [2.75, 3.05) is 37.5 Å². The van der Waals surface area contributed by atoms with Crippen LogP contribution in [-0.4, -0.2) is 37.3 Å². The van der Waals surface area contributed by atoms with Gasteiger partial charge < -0.3 is 19.7 Å². The van der Waals surface area contributed by atoms with E-state index in [1.165, 1.54) is 12.8 Å². The van der Waals surface area contributed by atoms with Crippen LogP contribution in [0.5, 0.6) is 11.5 Å². The highest BCUT2D eigenvalue weighted by Crippen LogP contribution is 2.26. The molecule has 1 aromatic heterocycles. The van der Waals surface area contributed by atoms with Crippen molar-refractivity contribution >= 4 is 11.6 Å². The van der Waals surface area contributed by atoms with Gasteiger partial charge in [-0.15, -0.1) is 0 Å². The van der Waals surface area contributed by atoms with E-state index in [2.05, 4.69) is 27.1 Å². The summed E-state index contributed by atoms with van der Waals surface area (Å²) in [5, 5.41) is 3.37. The third-order valence-corrected chi connectivity index (χ3v) is 4.59. The predicted octanol–water partition coefficient (Wildman–Crippen LogP) is 3.34. The summed E-state index contributed by atoms with van der Waals surface area (Å²) in [4.78, 5) is 11.1. The third-order valence-electron chi connectivity index (χ3n) is 4.59.